The number of benzene rings is 1. The lowest BCUT2D eigenvalue weighted by molar-refractivity contribution is -0.122. The van der Waals surface area contributed by atoms with E-state index >= 15 is 0 Å². The predicted octanol–water partition coefficient (Wildman–Crippen LogP) is 1.43. The van der Waals surface area contributed by atoms with Crippen molar-refractivity contribution in [3.63, 3.8) is 0 Å². The fraction of sp³-hybridized carbons (Fsp3) is 0.444. The van der Waals surface area contributed by atoms with Gasteiger partial charge >= 0.3 is 5.63 Å². The highest BCUT2D eigenvalue weighted by Crippen LogP contribution is 2.25. The van der Waals surface area contributed by atoms with Gasteiger partial charge in [0.25, 0.3) is 0 Å². The van der Waals surface area contributed by atoms with E-state index in [-0.39, 0.29) is 36.0 Å². The first kappa shape index (κ1) is 18.4. The predicted molar refractivity (Wildman–Crippen MR) is 97.0 cm³/mol. The minimum absolute atomic E-state index is 0.00642. The van der Waals surface area contributed by atoms with E-state index < -0.39 is 21.0 Å². The van der Waals surface area contributed by atoms with Crippen LogP contribution in [0.5, 0.6) is 5.75 Å². The number of phenols is 1. The molecule has 0 unspecified atom stereocenters. The number of hydrogen-bond acceptors (Lipinski definition) is 6. The molecule has 140 valence electrons. The number of sulfone groups is 1. The lowest BCUT2D eigenvalue weighted by atomic mass is 10.00. The summed E-state index contributed by atoms with van der Waals surface area (Å²) in [4.78, 5) is 24.5. The maximum atomic E-state index is 12.2. The van der Waals surface area contributed by atoms with Gasteiger partial charge in [0.15, 0.2) is 9.84 Å². The number of nitrogens with one attached hydrogen (secondary N) is 1. The molecule has 1 saturated heterocycles. The Morgan fingerprint density at radius 2 is 2.12 bits per heavy atom. The monoisotopic (exact) mass is 379 g/mol. The van der Waals surface area contributed by atoms with Crippen LogP contribution in [0.1, 0.15) is 30.9 Å². The van der Waals surface area contributed by atoms with E-state index in [2.05, 4.69) is 5.32 Å². The molecule has 0 aliphatic carbocycles. The second-order valence-electron chi connectivity index (χ2n) is 7.12. The molecule has 1 atom stereocenters. The number of phenolic OH excluding ortho intramolecular Hbond substituents is 1. The Bertz CT molecular complexity index is 1040. The van der Waals surface area contributed by atoms with Gasteiger partial charge < -0.3 is 14.8 Å². The Labute approximate surface area is 150 Å². The fourth-order valence-corrected chi connectivity index (χ4v) is 5.51. The topological polar surface area (TPSA) is 114 Å². The molecule has 1 fully saturated rings. The number of hydrogen-bond donors (Lipinski definition) is 2. The van der Waals surface area contributed by atoms with Gasteiger partial charge in [0.2, 0.25) is 5.91 Å². The third-order valence-corrected chi connectivity index (χ3v) is 6.72. The zero-order valence-corrected chi connectivity index (χ0v) is 15.5. The van der Waals surface area contributed by atoms with Crippen molar-refractivity contribution in [3.05, 3.63) is 39.7 Å². The summed E-state index contributed by atoms with van der Waals surface area (Å²) in [6.45, 7) is 3.49. The van der Waals surface area contributed by atoms with Gasteiger partial charge in [-0.25, -0.2) is 13.2 Å². The number of aromatic hydroxyl groups is 1. The minimum Gasteiger partial charge on any atom is -0.508 e. The Balaban J connectivity index is 1.75. The van der Waals surface area contributed by atoms with E-state index in [9.17, 15) is 23.1 Å². The Hall–Kier alpha value is -2.35. The minimum atomic E-state index is -3.11. The van der Waals surface area contributed by atoms with E-state index in [1.807, 2.05) is 0 Å². The number of amides is 1. The third-order valence-electron chi connectivity index (χ3n) is 4.82. The van der Waals surface area contributed by atoms with Gasteiger partial charge in [0, 0.05) is 23.4 Å². The molecule has 2 N–H and O–H groups in total. The van der Waals surface area contributed by atoms with Crippen molar-refractivity contribution in [1.29, 1.82) is 0 Å². The number of carbonyl (C=O) groups is 1. The standard InChI is InChI=1S/C18H21NO6S/c1-11-13-4-3-12(20)9-15(13)25-17(22)14(11)5-6-16(21)19-18(2)7-8-26(23,24)10-18/h3-4,9,20H,5-8,10H2,1-2H3,(H,19,21)/t18-/m0/s1. The van der Waals surface area contributed by atoms with E-state index in [4.69, 9.17) is 4.42 Å². The average molecular weight is 379 g/mol. The summed E-state index contributed by atoms with van der Waals surface area (Å²) in [7, 11) is -3.11. The normalized spacial score (nSPS) is 21.8. The summed E-state index contributed by atoms with van der Waals surface area (Å²) in [6.07, 6.45) is 0.645. The lowest BCUT2D eigenvalue weighted by Crippen LogP contribution is -2.47. The van der Waals surface area contributed by atoms with Crippen molar-refractivity contribution in [2.75, 3.05) is 11.5 Å². The third kappa shape index (κ3) is 3.75. The maximum absolute atomic E-state index is 12.2. The van der Waals surface area contributed by atoms with E-state index in [1.54, 1.807) is 19.9 Å². The van der Waals surface area contributed by atoms with Crippen molar-refractivity contribution in [3.8, 4) is 5.75 Å². The Morgan fingerprint density at radius 1 is 1.38 bits per heavy atom. The highest BCUT2D eigenvalue weighted by atomic mass is 32.2. The highest BCUT2D eigenvalue weighted by molar-refractivity contribution is 7.91. The van der Waals surface area contributed by atoms with Crippen LogP contribution < -0.4 is 10.9 Å². The van der Waals surface area contributed by atoms with Gasteiger partial charge in [0.1, 0.15) is 11.3 Å². The van der Waals surface area contributed by atoms with Gasteiger partial charge in [-0.1, -0.05) is 0 Å². The van der Waals surface area contributed by atoms with Crippen molar-refractivity contribution >= 4 is 26.7 Å². The van der Waals surface area contributed by atoms with Crippen molar-refractivity contribution < 1.29 is 22.7 Å². The van der Waals surface area contributed by atoms with Gasteiger partial charge in [-0.15, -0.1) is 0 Å². The van der Waals surface area contributed by atoms with Crippen molar-refractivity contribution in [1.82, 2.24) is 5.32 Å². The molecule has 1 aromatic carbocycles. The number of carbonyl (C=O) groups excluding carboxylic acids is 1. The summed E-state index contributed by atoms with van der Waals surface area (Å²) in [6, 6.07) is 4.55. The molecule has 8 heteroatoms. The second kappa shape index (κ2) is 6.42. The molecule has 2 aromatic rings. The van der Waals surface area contributed by atoms with Crippen LogP contribution in [0, 0.1) is 6.92 Å². The average Bonchev–Trinajstić information content (AvgIpc) is 2.79. The Kier molecular flexibility index (Phi) is 4.56. The number of aryl methyl sites for hydroxylation is 1. The van der Waals surface area contributed by atoms with Crippen LogP contribution in [-0.2, 0) is 21.1 Å². The van der Waals surface area contributed by atoms with Gasteiger partial charge in [-0.3, -0.25) is 4.79 Å². The molecule has 0 saturated carbocycles. The molecule has 1 aliphatic rings. The highest BCUT2D eigenvalue weighted by Gasteiger charge is 2.39. The molecular weight excluding hydrogens is 358 g/mol. The first-order valence-corrected chi connectivity index (χ1v) is 10.2. The van der Waals surface area contributed by atoms with Crippen LogP contribution in [-0.4, -0.2) is 36.5 Å². The first-order chi connectivity index (χ1) is 12.1. The summed E-state index contributed by atoms with van der Waals surface area (Å²) in [5, 5.41) is 13.0. The quantitative estimate of drug-likeness (QED) is 0.777. The van der Waals surface area contributed by atoms with Crippen LogP contribution in [0.4, 0.5) is 0 Å². The lowest BCUT2D eigenvalue weighted by Gasteiger charge is -2.23. The molecule has 3 rings (SSSR count). The van der Waals surface area contributed by atoms with Crippen LogP contribution in [0.2, 0.25) is 0 Å². The van der Waals surface area contributed by atoms with E-state index in [0.29, 0.717) is 28.5 Å². The molecule has 26 heavy (non-hydrogen) atoms. The zero-order chi connectivity index (χ0) is 19.1. The van der Waals surface area contributed by atoms with Crippen LogP contribution >= 0.6 is 0 Å². The summed E-state index contributed by atoms with van der Waals surface area (Å²) >= 11 is 0. The summed E-state index contributed by atoms with van der Waals surface area (Å²) < 4.78 is 28.5. The second-order valence-corrected chi connectivity index (χ2v) is 9.31. The van der Waals surface area contributed by atoms with Crippen molar-refractivity contribution in [2.24, 2.45) is 0 Å². The van der Waals surface area contributed by atoms with E-state index in [0.717, 1.165) is 0 Å². The van der Waals surface area contributed by atoms with Gasteiger partial charge in [-0.2, -0.15) is 0 Å². The SMILES string of the molecule is Cc1c(CCC(=O)N[C@@]2(C)CCS(=O)(=O)C2)c(=O)oc2cc(O)ccc12. The zero-order valence-electron chi connectivity index (χ0n) is 14.7. The molecule has 7 nitrogen and oxygen atoms in total. The molecule has 1 aliphatic heterocycles. The molecule has 1 amide bonds. The summed E-state index contributed by atoms with van der Waals surface area (Å²) in [5.74, 6) is -0.280. The largest absolute Gasteiger partial charge is 0.508 e. The smallest absolute Gasteiger partial charge is 0.339 e. The van der Waals surface area contributed by atoms with E-state index in [1.165, 1.54) is 12.1 Å². The molecule has 0 bridgehead atoms. The number of fused-ring (bicyclic) bond motifs is 1. The molecule has 1 aromatic heterocycles. The first-order valence-electron chi connectivity index (χ1n) is 8.35. The molecular formula is C18H21NO6S. The van der Waals surface area contributed by atoms with Crippen LogP contribution in [0.3, 0.4) is 0 Å². The maximum Gasteiger partial charge on any atom is 0.339 e. The van der Waals surface area contributed by atoms with Crippen LogP contribution in [0.25, 0.3) is 11.0 Å². The Morgan fingerprint density at radius 3 is 2.77 bits per heavy atom. The molecule has 2 heterocycles. The molecule has 0 radical (unpaired) electrons. The van der Waals surface area contributed by atoms with Gasteiger partial charge in [0.05, 0.1) is 17.0 Å². The fourth-order valence-electron chi connectivity index (χ4n) is 3.42. The van der Waals surface area contributed by atoms with Crippen LogP contribution in [0.15, 0.2) is 27.4 Å². The number of rotatable bonds is 4. The van der Waals surface area contributed by atoms with Gasteiger partial charge in [-0.05, 0) is 44.4 Å². The van der Waals surface area contributed by atoms with Crippen molar-refractivity contribution in [2.45, 2.75) is 38.6 Å². The molecule has 0 spiro atoms. The summed E-state index contributed by atoms with van der Waals surface area (Å²) in [5.41, 5.74) is 0.116.